The Labute approximate surface area is 133 Å². The van der Waals surface area contributed by atoms with Gasteiger partial charge in [-0.15, -0.1) is 0 Å². The molecule has 0 bridgehead atoms. The van der Waals surface area contributed by atoms with Gasteiger partial charge in [0, 0.05) is 13.3 Å². The maximum Gasteiger partial charge on any atom is 0.248 e. The molecule has 0 unspecified atom stereocenters. The van der Waals surface area contributed by atoms with Gasteiger partial charge in [0.05, 0.1) is 31.6 Å². The SMILES string of the molecule is COCC(=O)N1Cc2ccnn2[C@@H](C(=O)NCc2ccco2)C1. The molecule has 2 aromatic heterocycles. The van der Waals surface area contributed by atoms with Gasteiger partial charge in [-0.05, 0) is 18.2 Å². The van der Waals surface area contributed by atoms with Crippen LogP contribution in [0.25, 0.3) is 0 Å². The number of rotatable bonds is 5. The zero-order chi connectivity index (χ0) is 16.2. The first-order chi connectivity index (χ1) is 11.2. The van der Waals surface area contributed by atoms with Gasteiger partial charge in [-0.3, -0.25) is 14.3 Å². The number of fused-ring (bicyclic) bond motifs is 1. The standard InChI is InChI=1S/C15H18N4O4/c1-22-10-14(20)18-8-11-4-5-17-19(11)13(9-18)15(21)16-7-12-3-2-6-23-12/h2-6,13H,7-10H2,1H3,(H,16,21)/t13-/m1/s1. The van der Waals surface area contributed by atoms with E-state index in [1.807, 2.05) is 0 Å². The Morgan fingerprint density at radius 1 is 1.48 bits per heavy atom. The van der Waals surface area contributed by atoms with Crippen molar-refractivity contribution in [1.29, 1.82) is 0 Å². The fourth-order valence-corrected chi connectivity index (χ4v) is 2.60. The lowest BCUT2D eigenvalue weighted by Gasteiger charge is -2.33. The highest BCUT2D eigenvalue weighted by Gasteiger charge is 2.32. The van der Waals surface area contributed by atoms with Gasteiger partial charge < -0.3 is 19.4 Å². The van der Waals surface area contributed by atoms with Crippen molar-refractivity contribution in [3.8, 4) is 0 Å². The summed E-state index contributed by atoms with van der Waals surface area (Å²) in [6.07, 6.45) is 3.19. The second-order valence-corrected chi connectivity index (χ2v) is 5.29. The maximum absolute atomic E-state index is 12.5. The first kappa shape index (κ1) is 15.3. The van der Waals surface area contributed by atoms with Gasteiger partial charge in [-0.1, -0.05) is 0 Å². The summed E-state index contributed by atoms with van der Waals surface area (Å²) in [5.41, 5.74) is 0.818. The molecule has 2 amide bonds. The number of carbonyl (C=O) groups is 2. The van der Waals surface area contributed by atoms with Crippen molar-refractivity contribution in [3.63, 3.8) is 0 Å². The van der Waals surface area contributed by atoms with E-state index in [9.17, 15) is 9.59 Å². The minimum absolute atomic E-state index is 0.00509. The topological polar surface area (TPSA) is 89.6 Å². The van der Waals surface area contributed by atoms with E-state index < -0.39 is 6.04 Å². The summed E-state index contributed by atoms with van der Waals surface area (Å²) in [6, 6.07) is 4.79. The van der Waals surface area contributed by atoms with Crippen LogP contribution in [0.15, 0.2) is 35.1 Å². The average Bonchev–Trinajstić information content (AvgIpc) is 3.22. The molecule has 122 valence electrons. The Balaban J connectivity index is 1.72. The van der Waals surface area contributed by atoms with Crippen molar-refractivity contribution < 1.29 is 18.7 Å². The number of nitrogens with one attached hydrogen (secondary N) is 1. The number of hydrogen-bond donors (Lipinski definition) is 1. The van der Waals surface area contributed by atoms with Crippen molar-refractivity contribution in [1.82, 2.24) is 20.0 Å². The van der Waals surface area contributed by atoms with Crippen molar-refractivity contribution >= 4 is 11.8 Å². The number of carbonyl (C=O) groups excluding carboxylic acids is 2. The molecule has 8 nitrogen and oxygen atoms in total. The fourth-order valence-electron chi connectivity index (χ4n) is 2.60. The van der Waals surface area contributed by atoms with Crippen molar-refractivity contribution in [2.45, 2.75) is 19.1 Å². The van der Waals surface area contributed by atoms with Gasteiger partial charge in [-0.25, -0.2) is 0 Å². The number of nitrogens with zero attached hydrogens (tertiary/aromatic N) is 3. The molecule has 1 aliphatic heterocycles. The summed E-state index contributed by atoms with van der Waals surface area (Å²) >= 11 is 0. The minimum atomic E-state index is -0.565. The third kappa shape index (κ3) is 3.26. The zero-order valence-corrected chi connectivity index (χ0v) is 12.8. The number of furan rings is 1. The molecule has 1 aliphatic rings. The average molecular weight is 318 g/mol. The Morgan fingerprint density at radius 3 is 3.09 bits per heavy atom. The zero-order valence-electron chi connectivity index (χ0n) is 12.8. The number of amides is 2. The van der Waals surface area contributed by atoms with Crippen LogP contribution in [-0.4, -0.2) is 46.8 Å². The van der Waals surface area contributed by atoms with E-state index in [1.165, 1.54) is 7.11 Å². The van der Waals surface area contributed by atoms with Gasteiger partial charge in [0.2, 0.25) is 11.8 Å². The third-order valence-corrected chi connectivity index (χ3v) is 3.73. The van der Waals surface area contributed by atoms with Crippen LogP contribution in [0.5, 0.6) is 0 Å². The molecular weight excluding hydrogens is 300 g/mol. The van der Waals surface area contributed by atoms with Crippen LogP contribution < -0.4 is 5.32 Å². The predicted molar refractivity (Wildman–Crippen MR) is 79.1 cm³/mol. The molecule has 2 aromatic rings. The molecule has 0 spiro atoms. The summed E-state index contributed by atoms with van der Waals surface area (Å²) < 4.78 is 11.8. The highest BCUT2D eigenvalue weighted by Crippen LogP contribution is 2.20. The minimum Gasteiger partial charge on any atom is -0.467 e. The molecule has 23 heavy (non-hydrogen) atoms. The summed E-state index contributed by atoms with van der Waals surface area (Å²) in [6.45, 7) is 0.977. The molecule has 0 fully saturated rings. The molecule has 3 rings (SSSR count). The van der Waals surface area contributed by atoms with Crippen molar-refractivity contribution in [3.05, 3.63) is 42.1 Å². The number of aromatic nitrogens is 2. The van der Waals surface area contributed by atoms with Crippen LogP contribution >= 0.6 is 0 Å². The summed E-state index contributed by atoms with van der Waals surface area (Å²) in [5, 5.41) is 7.02. The van der Waals surface area contributed by atoms with Crippen LogP contribution in [0, 0.1) is 0 Å². The van der Waals surface area contributed by atoms with Gasteiger partial charge in [-0.2, -0.15) is 5.10 Å². The van der Waals surface area contributed by atoms with Gasteiger partial charge in [0.15, 0.2) is 0 Å². The lowest BCUT2D eigenvalue weighted by molar-refractivity contribution is -0.139. The van der Waals surface area contributed by atoms with E-state index in [0.29, 0.717) is 18.8 Å². The maximum atomic E-state index is 12.5. The van der Waals surface area contributed by atoms with Crippen LogP contribution in [0.3, 0.4) is 0 Å². The van der Waals surface area contributed by atoms with Crippen LogP contribution in [0.1, 0.15) is 17.5 Å². The van der Waals surface area contributed by atoms with Gasteiger partial charge in [0.25, 0.3) is 0 Å². The number of methoxy groups -OCH3 is 1. The molecule has 0 radical (unpaired) electrons. The number of ether oxygens (including phenoxy) is 1. The molecule has 8 heteroatoms. The van der Waals surface area contributed by atoms with Gasteiger partial charge >= 0.3 is 0 Å². The van der Waals surface area contributed by atoms with Crippen molar-refractivity contribution in [2.75, 3.05) is 20.3 Å². The van der Waals surface area contributed by atoms with Gasteiger partial charge in [0.1, 0.15) is 18.4 Å². The third-order valence-electron chi connectivity index (χ3n) is 3.73. The Bertz CT molecular complexity index is 679. The molecule has 0 saturated heterocycles. The highest BCUT2D eigenvalue weighted by molar-refractivity contribution is 5.83. The molecule has 1 N–H and O–H groups in total. The molecule has 0 aromatic carbocycles. The smallest absolute Gasteiger partial charge is 0.248 e. The van der Waals surface area contributed by atoms with E-state index in [2.05, 4.69) is 10.4 Å². The molecule has 1 atom stereocenters. The first-order valence-corrected chi connectivity index (χ1v) is 7.28. The predicted octanol–water partition coefficient (Wildman–Crippen LogP) is 0.322. The monoisotopic (exact) mass is 318 g/mol. The van der Waals surface area contributed by atoms with E-state index in [4.69, 9.17) is 9.15 Å². The van der Waals surface area contributed by atoms with Crippen LogP contribution in [0.4, 0.5) is 0 Å². The molecular formula is C15H18N4O4. The number of hydrogen-bond acceptors (Lipinski definition) is 5. The second-order valence-electron chi connectivity index (χ2n) is 5.29. The van der Waals surface area contributed by atoms with Crippen LogP contribution in [0.2, 0.25) is 0 Å². The highest BCUT2D eigenvalue weighted by atomic mass is 16.5. The van der Waals surface area contributed by atoms with E-state index >= 15 is 0 Å². The summed E-state index contributed by atoms with van der Waals surface area (Å²) in [7, 11) is 1.47. The lowest BCUT2D eigenvalue weighted by atomic mass is 10.1. The Morgan fingerprint density at radius 2 is 2.35 bits per heavy atom. The van der Waals surface area contributed by atoms with E-state index in [0.717, 1.165) is 5.69 Å². The lowest BCUT2D eigenvalue weighted by Crippen LogP contribution is -2.47. The largest absolute Gasteiger partial charge is 0.467 e. The Hall–Kier alpha value is -2.61. The molecule has 3 heterocycles. The molecule has 0 aliphatic carbocycles. The normalized spacial score (nSPS) is 16.9. The second kappa shape index (κ2) is 6.66. The van der Waals surface area contributed by atoms with E-state index in [1.54, 1.807) is 40.2 Å². The summed E-state index contributed by atoms with van der Waals surface area (Å²) in [5.74, 6) is 0.312. The quantitative estimate of drug-likeness (QED) is 0.857. The Kier molecular flexibility index (Phi) is 4.42. The van der Waals surface area contributed by atoms with E-state index in [-0.39, 0.29) is 25.0 Å². The fraction of sp³-hybridized carbons (Fsp3) is 0.400. The first-order valence-electron chi connectivity index (χ1n) is 7.28. The molecule has 0 saturated carbocycles. The summed E-state index contributed by atoms with van der Waals surface area (Å²) in [4.78, 5) is 26.2. The van der Waals surface area contributed by atoms with Crippen molar-refractivity contribution in [2.24, 2.45) is 0 Å². The van der Waals surface area contributed by atoms with Crippen LogP contribution in [-0.2, 0) is 27.4 Å².